The summed E-state index contributed by atoms with van der Waals surface area (Å²) in [5, 5.41) is 1.88. The van der Waals surface area contributed by atoms with Gasteiger partial charge < -0.3 is 5.73 Å². The van der Waals surface area contributed by atoms with E-state index in [0.29, 0.717) is 6.54 Å². The number of benzene rings is 1. The van der Waals surface area contributed by atoms with Crippen molar-refractivity contribution < 1.29 is 0 Å². The molecule has 1 aliphatic rings. The van der Waals surface area contributed by atoms with E-state index in [2.05, 4.69) is 18.7 Å². The van der Waals surface area contributed by atoms with E-state index in [1.165, 1.54) is 16.8 Å². The summed E-state index contributed by atoms with van der Waals surface area (Å²) in [4.78, 5) is 7.33. The minimum absolute atomic E-state index is 0.540. The lowest BCUT2D eigenvalue weighted by atomic mass is 9.94. The highest BCUT2D eigenvalue weighted by atomic mass is 35.5. The van der Waals surface area contributed by atoms with Crippen LogP contribution in [0.25, 0.3) is 10.9 Å². The van der Waals surface area contributed by atoms with Crippen molar-refractivity contribution >= 4 is 22.5 Å². The Labute approximate surface area is 124 Å². The van der Waals surface area contributed by atoms with Crippen LogP contribution in [0.2, 0.25) is 5.02 Å². The standard InChI is InChI=1S/C16H20ClN3/c1-3-20-5-4-15-14(9-20)13(8-18)12-7-11(17)6-10(2)16(12)19-15/h6-7H,3-5,8-9,18H2,1-2H3. The van der Waals surface area contributed by atoms with E-state index in [1.54, 1.807) is 0 Å². The average Bonchev–Trinajstić information content (AvgIpc) is 2.44. The topological polar surface area (TPSA) is 42.2 Å². The lowest BCUT2D eigenvalue weighted by Crippen LogP contribution is -2.32. The van der Waals surface area contributed by atoms with Crippen LogP contribution in [0, 0.1) is 6.92 Å². The molecule has 0 radical (unpaired) electrons. The molecule has 0 bridgehead atoms. The van der Waals surface area contributed by atoms with Crippen LogP contribution < -0.4 is 5.73 Å². The molecule has 0 saturated carbocycles. The fraction of sp³-hybridized carbons (Fsp3) is 0.438. The number of rotatable bonds is 2. The number of pyridine rings is 1. The van der Waals surface area contributed by atoms with Gasteiger partial charge in [-0.1, -0.05) is 18.5 Å². The second-order valence-electron chi connectivity index (χ2n) is 5.46. The van der Waals surface area contributed by atoms with Gasteiger partial charge in [0, 0.05) is 42.2 Å². The molecule has 4 heteroatoms. The molecule has 0 amide bonds. The highest BCUT2D eigenvalue weighted by Crippen LogP contribution is 2.31. The average molecular weight is 290 g/mol. The Morgan fingerprint density at radius 1 is 1.40 bits per heavy atom. The Hall–Kier alpha value is -1.16. The van der Waals surface area contributed by atoms with Crippen LogP contribution in [0.5, 0.6) is 0 Å². The molecule has 2 heterocycles. The van der Waals surface area contributed by atoms with Crippen molar-refractivity contribution in [1.29, 1.82) is 0 Å². The molecule has 20 heavy (non-hydrogen) atoms. The SMILES string of the molecule is CCN1CCc2nc3c(C)cc(Cl)cc3c(CN)c2C1. The zero-order chi connectivity index (χ0) is 14.3. The van der Waals surface area contributed by atoms with Crippen LogP contribution in [-0.2, 0) is 19.5 Å². The molecule has 1 aromatic carbocycles. The molecule has 0 fully saturated rings. The van der Waals surface area contributed by atoms with Crippen molar-refractivity contribution in [2.75, 3.05) is 13.1 Å². The van der Waals surface area contributed by atoms with Crippen molar-refractivity contribution in [3.05, 3.63) is 39.5 Å². The second-order valence-corrected chi connectivity index (χ2v) is 5.89. The molecular formula is C16H20ClN3. The number of hydrogen-bond donors (Lipinski definition) is 1. The second kappa shape index (κ2) is 5.32. The molecule has 0 atom stereocenters. The maximum Gasteiger partial charge on any atom is 0.0738 e. The van der Waals surface area contributed by atoms with E-state index >= 15 is 0 Å². The molecule has 1 aromatic heterocycles. The van der Waals surface area contributed by atoms with Gasteiger partial charge in [-0.15, -0.1) is 0 Å². The summed E-state index contributed by atoms with van der Waals surface area (Å²) in [6.45, 7) is 7.90. The Balaban J connectivity index is 2.28. The van der Waals surface area contributed by atoms with Crippen molar-refractivity contribution in [3.8, 4) is 0 Å². The summed E-state index contributed by atoms with van der Waals surface area (Å²) < 4.78 is 0. The third-order valence-corrected chi connectivity index (χ3v) is 4.47. The molecular weight excluding hydrogens is 270 g/mol. The van der Waals surface area contributed by atoms with Gasteiger partial charge in [0.05, 0.1) is 5.52 Å². The number of hydrogen-bond acceptors (Lipinski definition) is 3. The Bertz CT molecular complexity index is 667. The van der Waals surface area contributed by atoms with Crippen LogP contribution in [0.4, 0.5) is 0 Å². The fourth-order valence-corrected chi connectivity index (χ4v) is 3.39. The number of likely N-dealkylation sites (N-methyl/N-ethyl adjacent to an activating group) is 1. The van der Waals surface area contributed by atoms with Crippen molar-refractivity contribution in [2.45, 2.75) is 33.4 Å². The lowest BCUT2D eigenvalue weighted by molar-refractivity contribution is 0.265. The lowest BCUT2D eigenvalue weighted by Gasteiger charge is -2.29. The smallest absolute Gasteiger partial charge is 0.0738 e. The molecule has 2 aromatic rings. The van der Waals surface area contributed by atoms with Gasteiger partial charge in [0.1, 0.15) is 0 Å². The van der Waals surface area contributed by atoms with Crippen LogP contribution >= 0.6 is 11.6 Å². The van der Waals surface area contributed by atoms with Crippen LogP contribution in [0.3, 0.4) is 0 Å². The quantitative estimate of drug-likeness (QED) is 0.924. The minimum atomic E-state index is 0.540. The van der Waals surface area contributed by atoms with Crippen LogP contribution in [0.1, 0.15) is 29.3 Å². The Kier molecular flexibility index (Phi) is 3.67. The van der Waals surface area contributed by atoms with Gasteiger partial charge in [0.25, 0.3) is 0 Å². The summed E-state index contributed by atoms with van der Waals surface area (Å²) in [5.41, 5.74) is 12.0. The van der Waals surface area contributed by atoms with Gasteiger partial charge in [-0.05, 0) is 42.3 Å². The molecule has 3 rings (SSSR count). The molecule has 2 N–H and O–H groups in total. The summed E-state index contributed by atoms with van der Waals surface area (Å²) in [6.07, 6.45) is 1.01. The number of nitrogens with two attached hydrogens (primary N) is 1. The first kappa shape index (κ1) is 13.8. The Morgan fingerprint density at radius 2 is 2.20 bits per heavy atom. The molecule has 0 spiro atoms. The predicted molar refractivity (Wildman–Crippen MR) is 84.0 cm³/mol. The minimum Gasteiger partial charge on any atom is -0.326 e. The number of nitrogens with zero attached hydrogens (tertiary/aromatic N) is 2. The monoisotopic (exact) mass is 289 g/mol. The summed E-state index contributed by atoms with van der Waals surface area (Å²) in [5.74, 6) is 0. The molecule has 3 nitrogen and oxygen atoms in total. The van der Waals surface area contributed by atoms with Gasteiger partial charge in [-0.25, -0.2) is 0 Å². The van der Waals surface area contributed by atoms with E-state index in [4.69, 9.17) is 22.3 Å². The van der Waals surface area contributed by atoms with Crippen LogP contribution in [0.15, 0.2) is 12.1 Å². The third-order valence-electron chi connectivity index (χ3n) is 4.25. The molecule has 1 aliphatic heterocycles. The first-order chi connectivity index (χ1) is 9.63. The van der Waals surface area contributed by atoms with Gasteiger partial charge in [-0.2, -0.15) is 0 Å². The van der Waals surface area contributed by atoms with Crippen molar-refractivity contribution in [2.24, 2.45) is 5.73 Å². The molecule has 0 saturated heterocycles. The third kappa shape index (κ3) is 2.20. The molecule has 0 unspecified atom stereocenters. The van der Waals surface area contributed by atoms with E-state index in [9.17, 15) is 0 Å². The summed E-state index contributed by atoms with van der Waals surface area (Å²) in [6, 6.07) is 3.98. The number of halogens is 1. The highest BCUT2D eigenvalue weighted by Gasteiger charge is 2.21. The van der Waals surface area contributed by atoms with E-state index in [-0.39, 0.29) is 0 Å². The van der Waals surface area contributed by atoms with Gasteiger partial charge in [-0.3, -0.25) is 9.88 Å². The molecule has 106 valence electrons. The normalized spacial score (nSPS) is 15.6. The zero-order valence-electron chi connectivity index (χ0n) is 12.0. The first-order valence-corrected chi connectivity index (χ1v) is 7.54. The maximum atomic E-state index is 6.21. The molecule has 0 aliphatic carbocycles. The van der Waals surface area contributed by atoms with E-state index in [1.807, 2.05) is 12.1 Å². The zero-order valence-corrected chi connectivity index (χ0v) is 12.8. The van der Waals surface area contributed by atoms with Gasteiger partial charge in [0.15, 0.2) is 0 Å². The predicted octanol–water partition coefficient (Wildman–Crippen LogP) is 3.03. The van der Waals surface area contributed by atoms with E-state index < -0.39 is 0 Å². The van der Waals surface area contributed by atoms with Gasteiger partial charge >= 0.3 is 0 Å². The number of fused-ring (bicyclic) bond motifs is 2. The highest BCUT2D eigenvalue weighted by molar-refractivity contribution is 6.31. The largest absolute Gasteiger partial charge is 0.326 e. The maximum absolute atomic E-state index is 6.21. The van der Waals surface area contributed by atoms with Crippen molar-refractivity contribution in [1.82, 2.24) is 9.88 Å². The summed E-state index contributed by atoms with van der Waals surface area (Å²) >= 11 is 6.21. The van der Waals surface area contributed by atoms with Gasteiger partial charge in [0.2, 0.25) is 0 Å². The number of aromatic nitrogens is 1. The fourth-order valence-electron chi connectivity index (χ4n) is 3.12. The van der Waals surface area contributed by atoms with Crippen LogP contribution in [-0.4, -0.2) is 23.0 Å². The number of aryl methyl sites for hydroxylation is 1. The Morgan fingerprint density at radius 3 is 2.90 bits per heavy atom. The first-order valence-electron chi connectivity index (χ1n) is 7.17. The van der Waals surface area contributed by atoms with E-state index in [0.717, 1.165) is 47.5 Å². The van der Waals surface area contributed by atoms with Crippen molar-refractivity contribution in [3.63, 3.8) is 0 Å². The summed E-state index contributed by atoms with van der Waals surface area (Å²) in [7, 11) is 0.